The molecule has 4 rings (SSSR count). The summed E-state index contributed by atoms with van der Waals surface area (Å²) in [6.07, 6.45) is 6.15. The van der Waals surface area contributed by atoms with E-state index in [1.165, 1.54) is 0 Å². The zero-order chi connectivity index (χ0) is 23.3. The molecule has 2 aromatic carbocycles. The van der Waals surface area contributed by atoms with Crippen LogP contribution in [0.15, 0.2) is 79.1 Å². The molecule has 1 aromatic heterocycles. The van der Waals surface area contributed by atoms with Crippen LogP contribution in [0.2, 0.25) is 0 Å². The van der Waals surface area contributed by atoms with Gasteiger partial charge in [-0.25, -0.2) is 0 Å². The van der Waals surface area contributed by atoms with E-state index in [1.54, 1.807) is 17.3 Å². The van der Waals surface area contributed by atoms with Crippen LogP contribution < -0.4 is 0 Å². The summed E-state index contributed by atoms with van der Waals surface area (Å²) in [4.78, 5) is 34.3. The summed E-state index contributed by atoms with van der Waals surface area (Å²) in [7, 11) is 3.62. The number of rotatable bonds is 6. The monoisotopic (exact) mass is 441 g/mol. The number of amides is 2. The standard InChI is InChI=1S/C28H31N3O2/c1-30(2)27(33)28(20-23-10-6-11-25(18-23)24-12-15-29-16-13-24)14-7-17-31(21-28)26(32)19-22-8-4-3-5-9-22/h3-6,8-13,15-16,18H,7,14,17,19-21H2,1-2H3/t28-/m0/s1. The normalized spacial score (nSPS) is 18.1. The number of pyridine rings is 1. The van der Waals surface area contributed by atoms with E-state index in [0.29, 0.717) is 25.9 Å². The number of carbonyl (C=O) groups excluding carboxylic acids is 2. The van der Waals surface area contributed by atoms with Gasteiger partial charge in [0.2, 0.25) is 11.8 Å². The third-order valence-corrected chi connectivity index (χ3v) is 6.47. The SMILES string of the molecule is CN(C)C(=O)[C@]1(Cc2cccc(-c3ccncc3)c2)CCCN(C(=O)Cc2ccccc2)C1. The van der Waals surface area contributed by atoms with E-state index in [-0.39, 0.29) is 11.8 Å². The number of piperidine rings is 1. The maximum atomic E-state index is 13.5. The summed E-state index contributed by atoms with van der Waals surface area (Å²) in [6.45, 7) is 1.15. The molecular weight excluding hydrogens is 410 g/mol. The van der Waals surface area contributed by atoms with Gasteiger partial charge in [-0.15, -0.1) is 0 Å². The van der Waals surface area contributed by atoms with Gasteiger partial charge in [0.1, 0.15) is 0 Å². The van der Waals surface area contributed by atoms with Gasteiger partial charge in [0, 0.05) is 39.6 Å². The highest BCUT2D eigenvalue weighted by molar-refractivity contribution is 5.85. The number of benzene rings is 2. The largest absolute Gasteiger partial charge is 0.348 e. The van der Waals surface area contributed by atoms with Crippen LogP contribution in [-0.4, -0.2) is 53.8 Å². The Balaban J connectivity index is 1.59. The van der Waals surface area contributed by atoms with Crippen molar-refractivity contribution in [3.63, 3.8) is 0 Å². The summed E-state index contributed by atoms with van der Waals surface area (Å²) in [5.41, 5.74) is 3.70. The fourth-order valence-corrected chi connectivity index (χ4v) is 4.89. The second-order valence-electron chi connectivity index (χ2n) is 9.17. The van der Waals surface area contributed by atoms with E-state index >= 15 is 0 Å². The van der Waals surface area contributed by atoms with Crippen LogP contribution in [0.1, 0.15) is 24.0 Å². The van der Waals surface area contributed by atoms with Crippen LogP contribution in [-0.2, 0) is 22.4 Å². The fourth-order valence-electron chi connectivity index (χ4n) is 4.89. The van der Waals surface area contributed by atoms with Crippen molar-refractivity contribution in [2.45, 2.75) is 25.7 Å². The molecule has 0 radical (unpaired) electrons. The second kappa shape index (κ2) is 9.99. The minimum absolute atomic E-state index is 0.0855. The van der Waals surface area contributed by atoms with Gasteiger partial charge in [-0.3, -0.25) is 14.6 Å². The molecule has 0 spiro atoms. The Labute approximate surface area is 196 Å². The van der Waals surface area contributed by atoms with Gasteiger partial charge in [-0.2, -0.15) is 0 Å². The van der Waals surface area contributed by atoms with Gasteiger partial charge >= 0.3 is 0 Å². The lowest BCUT2D eigenvalue weighted by atomic mass is 9.73. The smallest absolute Gasteiger partial charge is 0.230 e. The van der Waals surface area contributed by atoms with Crippen molar-refractivity contribution in [2.75, 3.05) is 27.2 Å². The van der Waals surface area contributed by atoms with Gasteiger partial charge in [0.15, 0.2) is 0 Å². The van der Waals surface area contributed by atoms with Crippen molar-refractivity contribution in [1.82, 2.24) is 14.8 Å². The zero-order valence-corrected chi connectivity index (χ0v) is 19.4. The first kappa shape index (κ1) is 22.7. The predicted molar refractivity (Wildman–Crippen MR) is 130 cm³/mol. The number of nitrogens with zero attached hydrogens (tertiary/aromatic N) is 3. The molecule has 1 aliphatic heterocycles. The number of likely N-dealkylation sites (tertiary alicyclic amines) is 1. The van der Waals surface area contributed by atoms with Crippen molar-refractivity contribution < 1.29 is 9.59 Å². The molecule has 1 saturated heterocycles. The van der Waals surface area contributed by atoms with Crippen LogP contribution in [0, 0.1) is 5.41 Å². The van der Waals surface area contributed by atoms with Crippen molar-refractivity contribution >= 4 is 11.8 Å². The third-order valence-electron chi connectivity index (χ3n) is 6.47. The van der Waals surface area contributed by atoms with Crippen LogP contribution in [0.25, 0.3) is 11.1 Å². The average molecular weight is 442 g/mol. The second-order valence-corrected chi connectivity index (χ2v) is 9.17. The average Bonchev–Trinajstić information content (AvgIpc) is 2.85. The molecule has 0 bridgehead atoms. The molecule has 0 aliphatic carbocycles. The number of aromatic nitrogens is 1. The minimum Gasteiger partial charge on any atom is -0.348 e. The molecule has 0 saturated carbocycles. The first-order valence-corrected chi connectivity index (χ1v) is 11.5. The van der Waals surface area contributed by atoms with Gasteiger partial charge in [-0.1, -0.05) is 54.6 Å². The summed E-state index contributed by atoms with van der Waals surface area (Å²) in [5.74, 6) is 0.177. The molecule has 1 aliphatic rings. The highest BCUT2D eigenvalue weighted by atomic mass is 16.2. The molecule has 2 heterocycles. The quantitative estimate of drug-likeness (QED) is 0.575. The summed E-state index contributed by atoms with van der Waals surface area (Å²) < 4.78 is 0. The van der Waals surface area contributed by atoms with Crippen molar-refractivity contribution in [3.8, 4) is 11.1 Å². The van der Waals surface area contributed by atoms with E-state index in [1.807, 2.05) is 67.5 Å². The molecular formula is C28H31N3O2. The fraction of sp³-hybridized carbons (Fsp3) is 0.321. The highest BCUT2D eigenvalue weighted by Gasteiger charge is 2.44. The maximum absolute atomic E-state index is 13.5. The Morgan fingerprint density at radius 2 is 1.67 bits per heavy atom. The molecule has 0 unspecified atom stereocenters. The summed E-state index contributed by atoms with van der Waals surface area (Å²) >= 11 is 0. The summed E-state index contributed by atoms with van der Waals surface area (Å²) in [6, 6.07) is 22.2. The highest BCUT2D eigenvalue weighted by Crippen LogP contribution is 2.36. The lowest BCUT2D eigenvalue weighted by Gasteiger charge is -2.43. The zero-order valence-electron chi connectivity index (χ0n) is 19.4. The Morgan fingerprint density at radius 1 is 0.939 bits per heavy atom. The van der Waals surface area contributed by atoms with Crippen molar-refractivity contribution in [2.24, 2.45) is 5.41 Å². The molecule has 170 valence electrons. The molecule has 3 aromatic rings. The Morgan fingerprint density at radius 3 is 2.39 bits per heavy atom. The molecule has 1 fully saturated rings. The topological polar surface area (TPSA) is 53.5 Å². The molecule has 2 amide bonds. The molecule has 0 N–H and O–H groups in total. The van der Waals surface area contributed by atoms with Gasteiger partial charge in [0.05, 0.1) is 11.8 Å². The van der Waals surface area contributed by atoms with E-state index in [9.17, 15) is 9.59 Å². The van der Waals surface area contributed by atoms with E-state index < -0.39 is 5.41 Å². The summed E-state index contributed by atoms with van der Waals surface area (Å²) in [5, 5.41) is 0. The molecule has 33 heavy (non-hydrogen) atoms. The Bertz CT molecular complexity index is 1100. The van der Waals surface area contributed by atoms with Gasteiger partial charge < -0.3 is 9.80 Å². The molecule has 1 atom stereocenters. The predicted octanol–water partition coefficient (Wildman–Crippen LogP) is 4.23. The van der Waals surface area contributed by atoms with Gasteiger partial charge in [-0.05, 0) is 53.6 Å². The molecule has 5 heteroatoms. The first-order valence-electron chi connectivity index (χ1n) is 11.5. The van der Waals surface area contributed by atoms with E-state index in [4.69, 9.17) is 0 Å². The van der Waals surface area contributed by atoms with E-state index in [2.05, 4.69) is 23.2 Å². The van der Waals surface area contributed by atoms with Crippen LogP contribution in [0.3, 0.4) is 0 Å². The number of hydrogen-bond donors (Lipinski definition) is 0. The van der Waals surface area contributed by atoms with E-state index in [0.717, 1.165) is 35.1 Å². The lowest BCUT2D eigenvalue weighted by Crippen LogP contribution is -2.54. The molecule has 5 nitrogen and oxygen atoms in total. The lowest BCUT2D eigenvalue weighted by molar-refractivity contribution is -0.147. The van der Waals surface area contributed by atoms with Crippen LogP contribution in [0.4, 0.5) is 0 Å². The Hall–Kier alpha value is -3.47. The maximum Gasteiger partial charge on any atom is 0.230 e. The number of hydrogen-bond acceptors (Lipinski definition) is 3. The Kier molecular flexibility index (Phi) is 6.87. The van der Waals surface area contributed by atoms with Crippen molar-refractivity contribution in [1.29, 1.82) is 0 Å². The van der Waals surface area contributed by atoms with Crippen LogP contribution in [0.5, 0.6) is 0 Å². The third kappa shape index (κ3) is 5.30. The first-order chi connectivity index (χ1) is 16.0. The van der Waals surface area contributed by atoms with Crippen molar-refractivity contribution in [3.05, 3.63) is 90.3 Å². The minimum atomic E-state index is -0.620. The number of carbonyl (C=O) groups is 2. The van der Waals surface area contributed by atoms with Crippen LogP contribution >= 0.6 is 0 Å². The van der Waals surface area contributed by atoms with Gasteiger partial charge in [0.25, 0.3) is 0 Å².